The molecule has 1 unspecified atom stereocenters. The van der Waals surface area contributed by atoms with E-state index < -0.39 is 0 Å². The van der Waals surface area contributed by atoms with E-state index in [0.29, 0.717) is 37.1 Å². The number of nitrogens with zero attached hydrogens (tertiary/aromatic N) is 4. The predicted octanol–water partition coefficient (Wildman–Crippen LogP) is 2.66. The van der Waals surface area contributed by atoms with Crippen LogP contribution in [0.4, 0.5) is 10.5 Å². The second-order valence-corrected chi connectivity index (χ2v) is 7.30. The molecule has 4 rings (SSSR count). The summed E-state index contributed by atoms with van der Waals surface area (Å²) >= 11 is 5.91. The number of carbonyl (C=O) groups is 2. The van der Waals surface area contributed by atoms with Crippen molar-refractivity contribution < 1.29 is 14.3 Å². The number of hydrogen-bond donors (Lipinski definition) is 0. The molecule has 8 heteroatoms. The zero-order chi connectivity index (χ0) is 19.5. The van der Waals surface area contributed by atoms with Crippen molar-refractivity contribution in [1.29, 1.82) is 0 Å². The van der Waals surface area contributed by atoms with E-state index in [2.05, 4.69) is 4.98 Å². The highest BCUT2D eigenvalue weighted by atomic mass is 35.5. The maximum absolute atomic E-state index is 12.7. The van der Waals surface area contributed by atoms with Crippen LogP contribution < -0.4 is 9.64 Å². The summed E-state index contributed by atoms with van der Waals surface area (Å²) in [4.78, 5) is 34.5. The minimum Gasteiger partial charge on any atom is -0.472 e. The summed E-state index contributed by atoms with van der Waals surface area (Å²) in [5.74, 6) is 0.508. The van der Waals surface area contributed by atoms with Gasteiger partial charge in [0, 0.05) is 49.0 Å². The highest BCUT2D eigenvalue weighted by Crippen LogP contribution is 2.23. The number of carbonyl (C=O) groups excluding carboxylic acids is 2. The number of amides is 3. The molecule has 3 amide bonds. The molecule has 3 heterocycles. The van der Waals surface area contributed by atoms with Crippen molar-refractivity contribution >= 4 is 29.2 Å². The quantitative estimate of drug-likeness (QED) is 0.774. The van der Waals surface area contributed by atoms with Gasteiger partial charge in [0.2, 0.25) is 11.8 Å². The van der Waals surface area contributed by atoms with Crippen LogP contribution in [0.1, 0.15) is 6.42 Å². The van der Waals surface area contributed by atoms with Gasteiger partial charge in [0.15, 0.2) is 0 Å². The van der Waals surface area contributed by atoms with E-state index >= 15 is 0 Å². The number of ether oxygens (including phenoxy) is 1. The Morgan fingerprint density at radius 1 is 1.14 bits per heavy atom. The van der Waals surface area contributed by atoms with Gasteiger partial charge in [-0.05, 0) is 30.3 Å². The van der Waals surface area contributed by atoms with E-state index in [9.17, 15) is 9.59 Å². The van der Waals surface area contributed by atoms with Crippen LogP contribution in [0.3, 0.4) is 0 Å². The molecule has 0 bridgehead atoms. The van der Waals surface area contributed by atoms with Crippen molar-refractivity contribution in [2.24, 2.45) is 0 Å². The van der Waals surface area contributed by atoms with Crippen LogP contribution in [0.15, 0.2) is 48.7 Å². The second-order valence-electron chi connectivity index (χ2n) is 6.87. The van der Waals surface area contributed by atoms with Gasteiger partial charge in [-0.1, -0.05) is 17.7 Å². The lowest BCUT2D eigenvalue weighted by molar-refractivity contribution is -0.130. The maximum atomic E-state index is 12.7. The number of likely N-dealkylation sites (tertiary alicyclic amines) is 1. The van der Waals surface area contributed by atoms with Gasteiger partial charge in [0.05, 0.1) is 6.54 Å². The molecule has 2 aliphatic rings. The highest BCUT2D eigenvalue weighted by Gasteiger charge is 2.34. The lowest BCUT2D eigenvalue weighted by Crippen LogP contribution is -2.42. The summed E-state index contributed by atoms with van der Waals surface area (Å²) in [6.07, 6.45) is 2.37. The van der Waals surface area contributed by atoms with E-state index in [1.807, 2.05) is 24.3 Å². The van der Waals surface area contributed by atoms with Gasteiger partial charge in [-0.25, -0.2) is 9.78 Å². The number of anilines is 1. The molecule has 0 saturated carbocycles. The van der Waals surface area contributed by atoms with Gasteiger partial charge in [-0.2, -0.15) is 0 Å². The predicted molar refractivity (Wildman–Crippen MR) is 106 cm³/mol. The van der Waals surface area contributed by atoms with Crippen LogP contribution in [0.25, 0.3) is 0 Å². The summed E-state index contributed by atoms with van der Waals surface area (Å²) in [6.45, 7) is 2.30. The molecule has 2 aliphatic heterocycles. The normalized spacial score (nSPS) is 19.4. The Morgan fingerprint density at radius 2 is 1.96 bits per heavy atom. The van der Waals surface area contributed by atoms with Crippen molar-refractivity contribution in [3.8, 4) is 5.88 Å². The molecule has 1 atom stereocenters. The Balaban J connectivity index is 1.30. The molecule has 2 fully saturated rings. The topological polar surface area (TPSA) is 66.0 Å². The first kappa shape index (κ1) is 18.6. The second kappa shape index (κ2) is 8.06. The van der Waals surface area contributed by atoms with Crippen molar-refractivity contribution in [3.05, 3.63) is 53.7 Å². The van der Waals surface area contributed by atoms with Gasteiger partial charge in [-0.15, -0.1) is 0 Å². The fourth-order valence-electron chi connectivity index (χ4n) is 3.49. The number of pyridine rings is 1. The van der Waals surface area contributed by atoms with E-state index in [0.717, 1.165) is 12.1 Å². The molecule has 0 spiro atoms. The average Bonchev–Trinajstić information content (AvgIpc) is 3.31. The third-order valence-electron chi connectivity index (χ3n) is 4.98. The Kier molecular flexibility index (Phi) is 5.34. The summed E-state index contributed by atoms with van der Waals surface area (Å²) in [6, 6.07) is 12.5. The Hall–Kier alpha value is -2.80. The summed E-state index contributed by atoms with van der Waals surface area (Å²) in [7, 11) is 0. The smallest absolute Gasteiger partial charge is 0.325 e. The maximum Gasteiger partial charge on any atom is 0.325 e. The average molecular weight is 401 g/mol. The van der Waals surface area contributed by atoms with Crippen LogP contribution in [0.2, 0.25) is 5.02 Å². The summed E-state index contributed by atoms with van der Waals surface area (Å²) < 4.78 is 5.83. The SMILES string of the molecule is O=C(CN1CCN(c2ccc(Cl)cc2)C1=O)N1CCC(Oc2ccccn2)C1. The summed E-state index contributed by atoms with van der Waals surface area (Å²) in [5, 5.41) is 0.624. The molecule has 2 aromatic rings. The third kappa shape index (κ3) is 4.04. The van der Waals surface area contributed by atoms with Crippen molar-refractivity contribution in [3.63, 3.8) is 0 Å². The van der Waals surface area contributed by atoms with Crippen molar-refractivity contribution in [2.75, 3.05) is 37.6 Å². The molecule has 0 N–H and O–H groups in total. The highest BCUT2D eigenvalue weighted by molar-refractivity contribution is 6.30. The van der Waals surface area contributed by atoms with E-state index in [1.54, 1.807) is 39.1 Å². The lowest BCUT2D eigenvalue weighted by Gasteiger charge is -2.22. The van der Waals surface area contributed by atoms with Crippen molar-refractivity contribution in [2.45, 2.75) is 12.5 Å². The number of hydrogen-bond acceptors (Lipinski definition) is 4. The van der Waals surface area contributed by atoms with Crippen LogP contribution in [-0.4, -0.2) is 65.5 Å². The number of rotatable bonds is 5. The first-order valence-electron chi connectivity index (χ1n) is 9.27. The van der Waals surface area contributed by atoms with Gasteiger partial charge in [0.1, 0.15) is 12.6 Å². The van der Waals surface area contributed by atoms with Gasteiger partial charge >= 0.3 is 6.03 Å². The molecular formula is C20H21ClN4O3. The molecular weight excluding hydrogens is 380 g/mol. The molecule has 7 nitrogen and oxygen atoms in total. The third-order valence-corrected chi connectivity index (χ3v) is 5.23. The number of halogens is 1. The number of aromatic nitrogens is 1. The molecule has 1 aromatic carbocycles. The zero-order valence-electron chi connectivity index (χ0n) is 15.3. The molecule has 0 radical (unpaired) electrons. The molecule has 0 aliphatic carbocycles. The summed E-state index contributed by atoms with van der Waals surface area (Å²) in [5.41, 5.74) is 0.786. The van der Waals surface area contributed by atoms with Crippen LogP contribution in [0, 0.1) is 0 Å². The van der Waals surface area contributed by atoms with Crippen LogP contribution in [0.5, 0.6) is 5.88 Å². The van der Waals surface area contributed by atoms with E-state index in [4.69, 9.17) is 16.3 Å². The van der Waals surface area contributed by atoms with Crippen LogP contribution >= 0.6 is 11.6 Å². The molecule has 146 valence electrons. The molecule has 2 saturated heterocycles. The van der Waals surface area contributed by atoms with Gasteiger partial charge < -0.3 is 14.5 Å². The monoisotopic (exact) mass is 400 g/mol. The lowest BCUT2D eigenvalue weighted by atomic mass is 10.3. The van der Waals surface area contributed by atoms with Gasteiger partial charge in [0.25, 0.3) is 0 Å². The minimum atomic E-state index is -0.156. The van der Waals surface area contributed by atoms with Gasteiger partial charge in [-0.3, -0.25) is 9.69 Å². The molecule has 28 heavy (non-hydrogen) atoms. The fourth-order valence-corrected chi connectivity index (χ4v) is 3.62. The largest absolute Gasteiger partial charge is 0.472 e. The Bertz CT molecular complexity index is 846. The zero-order valence-corrected chi connectivity index (χ0v) is 16.1. The first-order valence-corrected chi connectivity index (χ1v) is 9.65. The van der Waals surface area contributed by atoms with E-state index in [1.165, 1.54) is 0 Å². The standard InChI is InChI=1S/C20H21ClN4O3/c21-15-4-6-16(7-5-15)25-12-11-24(20(25)27)14-19(26)23-10-8-17(13-23)28-18-3-1-2-9-22-18/h1-7,9,17H,8,10-14H2. The fraction of sp³-hybridized carbons (Fsp3) is 0.350. The van der Waals surface area contributed by atoms with Crippen LogP contribution in [-0.2, 0) is 4.79 Å². The first-order chi connectivity index (χ1) is 13.6. The Morgan fingerprint density at radius 3 is 2.71 bits per heavy atom. The Labute approximate surface area is 168 Å². The van der Waals surface area contributed by atoms with Crippen molar-refractivity contribution in [1.82, 2.24) is 14.8 Å². The number of benzene rings is 1. The minimum absolute atomic E-state index is 0.0570. The molecule has 1 aromatic heterocycles. The number of urea groups is 1. The van der Waals surface area contributed by atoms with E-state index in [-0.39, 0.29) is 24.6 Å².